The van der Waals surface area contributed by atoms with Crippen LogP contribution in [-0.2, 0) is 0 Å². The van der Waals surface area contributed by atoms with Crippen LogP contribution in [0.1, 0.15) is 6.92 Å². The van der Waals surface area contributed by atoms with Crippen molar-refractivity contribution in [1.29, 1.82) is 0 Å². The van der Waals surface area contributed by atoms with E-state index >= 15 is 0 Å². The van der Waals surface area contributed by atoms with Gasteiger partial charge in [-0.25, -0.2) is 5.01 Å². The van der Waals surface area contributed by atoms with Crippen molar-refractivity contribution in [3.05, 3.63) is 0 Å². The normalized spacial score (nSPS) is 30.7. The van der Waals surface area contributed by atoms with Crippen molar-refractivity contribution < 1.29 is 0 Å². The molecule has 54 valence electrons. The first kappa shape index (κ1) is 6.99. The summed E-state index contributed by atoms with van der Waals surface area (Å²) in [7, 11) is 1.97. The maximum atomic E-state index is 3.36. The number of piperazine rings is 1. The molecule has 0 radical (unpaired) electrons. The highest BCUT2D eigenvalue weighted by molar-refractivity contribution is 4.71. The zero-order valence-electron chi connectivity index (χ0n) is 6.15. The fraction of sp³-hybridized carbons (Fsp3) is 1.00. The van der Waals surface area contributed by atoms with Crippen molar-refractivity contribution in [1.82, 2.24) is 15.8 Å². The van der Waals surface area contributed by atoms with Crippen molar-refractivity contribution in [2.24, 2.45) is 0 Å². The molecule has 0 aromatic carbocycles. The molecule has 3 heteroatoms. The van der Waals surface area contributed by atoms with E-state index in [9.17, 15) is 0 Å². The van der Waals surface area contributed by atoms with Crippen molar-refractivity contribution in [3.8, 4) is 0 Å². The molecule has 1 aliphatic rings. The van der Waals surface area contributed by atoms with E-state index in [2.05, 4.69) is 22.7 Å². The Kier molecular flexibility index (Phi) is 2.45. The van der Waals surface area contributed by atoms with Gasteiger partial charge >= 0.3 is 0 Å². The average molecular weight is 129 g/mol. The summed E-state index contributed by atoms with van der Waals surface area (Å²) in [5.74, 6) is 0. The van der Waals surface area contributed by atoms with Gasteiger partial charge in [0.25, 0.3) is 0 Å². The summed E-state index contributed by atoms with van der Waals surface area (Å²) in [6.07, 6.45) is 0. The zero-order chi connectivity index (χ0) is 6.69. The Hall–Kier alpha value is -0.120. The van der Waals surface area contributed by atoms with Crippen molar-refractivity contribution >= 4 is 0 Å². The monoisotopic (exact) mass is 129 g/mol. The smallest absolute Gasteiger partial charge is 0.0282 e. The number of nitrogens with one attached hydrogen (secondary N) is 2. The molecule has 1 unspecified atom stereocenters. The number of hydrogen-bond donors (Lipinski definition) is 2. The molecular weight excluding hydrogens is 114 g/mol. The topological polar surface area (TPSA) is 27.3 Å². The van der Waals surface area contributed by atoms with E-state index in [1.54, 1.807) is 0 Å². The lowest BCUT2D eigenvalue weighted by Crippen LogP contribution is -2.53. The van der Waals surface area contributed by atoms with Crippen LogP contribution in [0.15, 0.2) is 0 Å². The number of hydrazine groups is 1. The first-order valence-corrected chi connectivity index (χ1v) is 3.48. The summed E-state index contributed by atoms with van der Waals surface area (Å²) in [4.78, 5) is 0. The van der Waals surface area contributed by atoms with E-state index in [4.69, 9.17) is 0 Å². The largest absolute Gasteiger partial charge is 0.312 e. The van der Waals surface area contributed by atoms with E-state index in [0.717, 1.165) is 19.6 Å². The van der Waals surface area contributed by atoms with Gasteiger partial charge in [-0.15, -0.1) is 0 Å². The first-order chi connectivity index (χ1) is 4.33. The second kappa shape index (κ2) is 3.15. The van der Waals surface area contributed by atoms with E-state index in [-0.39, 0.29) is 0 Å². The van der Waals surface area contributed by atoms with Crippen molar-refractivity contribution in [2.75, 3.05) is 26.7 Å². The summed E-state index contributed by atoms with van der Waals surface area (Å²) in [6.45, 7) is 5.52. The van der Waals surface area contributed by atoms with Crippen LogP contribution in [-0.4, -0.2) is 37.7 Å². The molecule has 0 bridgehead atoms. The SMILES string of the molecule is CNN1CCNC(C)C1. The van der Waals surface area contributed by atoms with Crippen molar-refractivity contribution in [3.63, 3.8) is 0 Å². The molecule has 9 heavy (non-hydrogen) atoms. The highest BCUT2D eigenvalue weighted by Gasteiger charge is 2.12. The van der Waals surface area contributed by atoms with Crippen LogP contribution >= 0.6 is 0 Å². The van der Waals surface area contributed by atoms with E-state index in [1.807, 2.05) is 7.05 Å². The molecule has 1 atom stereocenters. The third-order valence-corrected chi connectivity index (χ3v) is 1.68. The Morgan fingerprint density at radius 3 is 2.89 bits per heavy atom. The van der Waals surface area contributed by atoms with Crippen LogP contribution in [0.4, 0.5) is 0 Å². The van der Waals surface area contributed by atoms with Gasteiger partial charge in [-0.05, 0) is 14.0 Å². The summed E-state index contributed by atoms with van der Waals surface area (Å²) in [5.41, 5.74) is 3.13. The maximum Gasteiger partial charge on any atom is 0.0282 e. The van der Waals surface area contributed by atoms with Gasteiger partial charge in [-0.2, -0.15) is 0 Å². The Morgan fingerprint density at radius 2 is 2.44 bits per heavy atom. The molecule has 0 aromatic heterocycles. The first-order valence-electron chi connectivity index (χ1n) is 3.48. The number of hydrogen-bond acceptors (Lipinski definition) is 3. The van der Waals surface area contributed by atoms with E-state index in [0.29, 0.717) is 6.04 Å². The van der Waals surface area contributed by atoms with Crippen LogP contribution in [0.25, 0.3) is 0 Å². The summed E-state index contributed by atoms with van der Waals surface area (Å²) in [6, 6.07) is 0.631. The Bertz CT molecular complexity index is 84.4. The van der Waals surface area contributed by atoms with Gasteiger partial charge in [-0.3, -0.25) is 5.43 Å². The molecular formula is C6H15N3. The molecule has 0 aliphatic carbocycles. The fourth-order valence-electron chi connectivity index (χ4n) is 1.14. The standard InChI is InChI=1S/C6H15N3/c1-6-5-9(7-2)4-3-8-6/h6-8H,3-5H2,1-2H3. The van der Waals surface area contributed by atoms with Crippen LogP contribution in [0.2, 0.25) is 0 Å². The van der Waals surface area contributed by atoms with E-state index in [1.165, 1.54) is 0 Å². The highest BCUT2D eigenvalue weighted by atomic mass is 15.5. The molecule has 3 nitrogen and oxygen atoms in total. The molecule has 2 N–H and O–H groups in total. The summed E-state index contributed by atoms with van der Waals surface area (Å²) >= 11 is 0. The lowest BCUT2D eigenvalue weighted by atomic mass is 10.3. The lowest BCUT2D eigenvalue weighted by molar-refractivity contribution is 0.155. The Balaban J connectivity index is 2.23. The molecule has 0 aromatic rings. The van der Waals surface area contributed by atoms with Crippen LogP contribution in [0.3, 0.4) is 0 Å². The Labute approximate surface area is 56.4 Å². The minimum absolute atomic E-state index is 0.631. The molecule has 0 saturated carbocycles. The molecule has 0 spiro atoms. The van der Waals surface area contributed by atoms with Gasteiger partial charge in [0.15, 0.2) is 0 Å². The predicted molar refractivity (Wildman–Crippen MR) is 38.1 cm³/mol. The Morgan fingerprint density at radius 1 is 1.67 bits per heavy atom. The van der Waals surface area contributed by atoms with Crippen LogP contribution in [0.5, 0.6) is 0 Å². The molecule has 1 aliphatic heterocycles. The average Bonchev–Trinajstić information content (AvgIpc) is 1.88. The lowest BCUT2D eigenvalue weighted by Gasteiger charge is -2.30. The van der Waals surface area contributed by atoms with E-state index < -0.39 is 0 Å². The van der Waals surface area contributed by atoms with Crippen LogP contribution in [0, 0.1) is 0 Å². The van der Waals surface area contributed by atoms with Gasteiger partial charge in [0, 0.05) is 25.7 Å². The summed E-state index contributed by atoms with van der Waals surface area (Å²) in [5, 5.41) is 5.59. The quantitative estimate of drug-likeness (QED) is 0.496. The van der Waals surface area contributed by atoms with Gasteiger partial charge in [0.1, 0.15) is 0 Å². The summed E-state index contributed by atoms with van der Waals surface area (Å²) < 4.78 is 0. The fourth-order valence-corrected chi connectivity index (χ4v) is 1.14. The minimum Gasteiger partial charge on any atom is -0.312 e. The van der Waals surface area contributed by atoms with Gasteiger partial charge in [0.2, 0.25) is 0 Å². The zero-order valence-corrected chi connectivity index (χ0v) is 6.15. The third kappa shape index (κ3) is 1.93. The molecule has 1 fully saturated rings. The molecule has 1 rings (SSSR count). The second-order valence-electron chi connectivity index (χ2n) is 2.52. The van der Waals surface area contributed by atoms with Gasteiger partial charge < -0.3 is 5.32 Å². The highest BCUT2D eigenvalue weighted by Crippen LogP contribution is 1.92. The minimum atomic E-state index is 0.631. The second-order valence-corrected chi connectivity index (χ2v) is 2.52. The van der Waals surface area contributed by atoms with Gasteiger partial charge in [0.05, 0.1) is 0 Å². The molecule has 1 saturated heterocycles. The molecule has 0 amide bonds. The van der Waals surface area contributed by atoms with Crippen LogP contribution < -0.4 is 10.7 Å². The maximum absolute atomic E-state index is 3.36. The van der Waals surface area contributed by atoms with Gasteiger partial charge in [-0.1, -0.05) is 0 Å². The number of nitrogens with zero attached hydrogens (tertiary/aromatic N) is 1. The molecule has 1 heterocycles. The van der Waals surface area contributed by atoms with Crippen molar-refractivity contribution in [2.45, 2.75) is 13.0 Å². The third-order valence-electron chi connectivity index (χ3n) is 1.68. The number of rotatable bonds is 1. The predicted octanol–water partition coefficient (Wildman–Crippen LogP) is -0.585.